The second-order valence-corrected chi connectivity index (χ2v) is 11.0. The van der Waals surface area contributed by atoms with E-state index in [2.05, 4.69) is 22.5 Å². The van der Waals surface area contributed by atoms with Gasteiger partial charge in [-0.2, -0.15) is 9.40 Å². The molecule has 3 aromatic carbocycles. The first-order chi connectivity index (χ1) is 16.9. The summed E-state index contributed by atoms with van der Waals surface area (Å²) in [5.41, 5.74) is 2.29. The molecule has 1 amide bonds. The summed E-state index contributed by atoms with van der Waals surface area (Å²) in [4.78, 5) is 13.3. The molecular weight excluding hydrogens is 460 g/mol. The first-order valence-electron chi connectivity index (χ1n) is 11.8. The molecule has 0 atom stereocenters. The molecule has 0 spiro atoms. The van der Waals surface area contributed by atoms with Gasteiger partial charge in [0.1, 0.15) is 5.82 Å². The molecule has 1 aromatic heterocycles. The number of hydrogen-bond donors (Lipinski definition) is 1. The van der Waals surface area contributed by atoms with Crippen molar-refractivity contribution < 1.29 is 13.2 Å². The number of sulfonamides is 1. The minimum Gasteiger partial charge on any atom is -0.311 e. The summed E-state index contributed by atoms with van der Waals surface area (Å²) in [5.74, 6) is 0.293. The molecule has 0 aliphatic carbocycles. The molecule has 0 radical (unpaired) electrons. The van der Waals surface area contributed by atoms with Crippen molar-refractivity contribution in [2.75, 3.05) is 18.4 Å². The molecule has 2 heterocycles. The summed E-state index contributed by atoms with van der Waals surface area (Å²) in [5, 5.41) is 9.23. The molecule has 8 heteroatoms. The van der Waals surface area contributed by atoms with E-state index in [0.717, 1.165) is 16.3 Å². The molecule has 35 heavy (non-hydrogen) atoms. The Kier molecular flexibility index (Phi) is 6.40. The van der Waals surface area contributed by atoms with Crippen molar-refractivity contribution >= 4 is 32.5 Å². The molecule has 7 nitrogen and oxygen atoms in total. The maximum Gasteiger partial charge on any atom is 0.243 e. The maximum atomic E-state index is 13.2. The van der Waals surface area contributed by atoms with Crippen LogP contribution in [0.2, 0.25) is 0 Å². The van der Waals surface area contributed by atoms with E-state index < -0.39 is 10.0 Å². The van der Waals surface area contributed by atoms with Crippen molar-refractivity contribution in [3.05, 3.63) is 90.1 Å². The Balaban J connectivity index is 1.21. The van der Waals surface area contributed by atoms with Crippen LogP contribution in [-0.4, -0.2) is 41.5 Å². The Hall–Kier alpha value is -3.49. The Bertz CT molecular complexity index is 1450. The van der Waals surface area contributed by atoms with Crippen LogP contribution in [-0.2, 0) is 21.4 Å². The Morgan fingerprint density at radius 3 is 2.43 bits per heavy atom. The van der Waals surface area contributed by atoms with Gasteiger partial charge in [0.25, 0.3) is 0 Å². The van der Waals surface area contributed by atoms with Crippen molar-refractivity contribution in [2.45, 2.75) is 31.2 Å². The molecular formula is C27H28N4O3S. The summed E-state index contributed by atoms with van der Waals surface area (Å²) in [6.45, 7) is 3.23. The number of aromatic nitrogens is 2. The lowest BCUT2D eigenvalue weighted by molar-refractivity contribution is -0.121. The van der Waals surface area contributed by atoms with Crippen LogP contribution in [0.1, 0.15) is 24.0 Å². The van der Waals surface area contributed by atoms with Crippen LogP contribution in [0.3, 0.4) is 0 Å². The van der Waals surface area contributed by atoms with Crippen LogP contribution < -0.4 is 5.32 Å². The monoisotopic (exact) mass is 488 g/mol. The predicted molar refractivity (Wildman–Crippen MR) is 137 cm³/mol. The number of carbonyl (C=O) groups excluding carboxylic acids is 1. The lowest BCUT2D eigenvalue weighted by Crippen LogP contribution is -2.41. The van der Waals surface area contributed by atoms with Gasteiger partial charge in [-0.1, -0.05) is 60.2 Å². The van der Waals surface area contributed by atoms with E-state index in [-0.39, 0.29) is 11.8 Å². The maximum absolute atomic E-state index is 13.2. The van der Waals surface area contributed by atoms with Crippen LogP contribution in [0.5, 0.6) is 0 Å². The molecule has 1 aliphatic heterocycles. The lowest BCUT2D eigenvalue weighted by atomic mass is 9.97. The summed E-state index contributed by atoms with van der Waals surface area (Å²) in [6.07, 6.45) is 2.62. The van der Waals surface area contributed by atoms with E-state index in [9.17, 15) is 13.2 Å². The average Bonchev–Trinajstić information content (AvgIpc) is 3.31. The van der Waals surface area contributed by atoms with Crippen molar-refractivity contribution in [3.8, 4) is 0 Å². The third-order valence-corrected chi connectivity index (χ3v) is 8.50. The highest BCUT2D eigenvalue weighted by Crippen LogP contribution is 2.27. The first kappa shape index (κ1) is 23.3. The number of nitrogens with zero attached hydrogens (tertiary/aromatic N) is 3. The third kappa shape index (κ3) is 4.99. The first-order valence-corrected chi connectivity index (χ1v) is 13.2. The lowest BCUT2D eigenvalue weighted by Gasteiger charge is -2.30. The number of carbonyl (C=O) groups is 1. The van der Waals surface area contributed by atoms with Gasteiger partial charge < -0.3 is 5.32 Å². The molecule has 5 rings (SSSR count). The fourth-order valence-corrected chi connectivity index (χ4v) is 6.00. The molecule has 1 aliphatic rings. The number of nitrogens with one attached hydrogen (secondary N) is 1. The zero-order valence-corrected chi connectivity index (χ0v) is 20.4. The SMILES string of the molecule is Cc1ccc(Cn2nccc2NC(=O)C2CCN(S(=O)(=O)c3ccc4ccccc4c3)CC2)cc1. The minimum absolute atomic E-state index is 0.0987. The van der Waals surface area contributed by atoms with Gasteiger partial charge in [0, 0.05) is 25.1 Å². The topological polar surface area (TPSA) is 84.3 Å². The second kappa shape index (κ2) is 9.64. The zero-order valence-electron chi connectivity index (χ0n) is 19.6. The summed E-state index contributed by atoms with van der Waals surface area (Å²) >= 11 is 0. The number of fused-ring (bicyclic) bond motifs is 1. The summed E-state index contributed by atoms with van der Waals surface area (Å²) < 4.78 is 29.7. The fourth-order valence-electron chi connectivity index (χ4n) is 4.49. The minimum atomic E-state index is -3.61. The predicted octanol–water partition coefficient (Wildman–Crippen LogP) is 4.43. The van der Waals surface area contributed by atoms with Gasteiger partial charge >= 0.3 is 0 Å². The van der Waals surface area contributed by atoms with Crippen LogP contribution >= 0.6 is 0 Å². The van der Waals surface area contributed by atoms with Gasteiger partial charge in [-0.3, -0.25) is 4.79 Å². The highest BCUT2D eigenvalue weighted by molar-refractivity contribution is 7.89. The molecule has 0 saturated carbocycles. The largest absolute Gasteiger partial charge is 0.311 e. The van der Waals surface area contributed by atoms with Crippen molar-refractivity contribution in [2.24, 2.45) is 5.92 Å². The van der Waals surface area contributed by atoms with Gasteiger partial charge in [-0.25, -0.2) is 13.1 Å². The van der Waals surface area contributed by atoms with Crippen LogP contribution in [0.4, 0.5) is 5.82 Å². The van der Waals surface area contributed by atoms with E-state index in [1.54, 1.807) is 29.1 Å². The van der Waals surface area contributed by atoms with E-state index >= 15 is 0 Å². The Labute approximate surface area is 205 Å². The number of amides is 1. The standard InChI is InChI=1S/C27H28N4O3S/c1-20-6-8-21(9-7-20)19-31-26(12-15-28-31)29-27(32)23-13-16-30(17-14-23)35(33,34)25-11-10-22-4-2-3-5-24(22)18-25/h2-12,15,18,23H,13-14,16-17,19H2,1H3,(H,29,32). The van der Waals surface area contributed by atoms with Gasteiger partial charge in [-0.05, 0) is 48.2 Å². The average molecular weight is 489 g/mol. The number of benzene rings is 3. The zero-order chi connectivity index (χ0) is 24.4. The van der Waals surface area contributed by atoms with Gasteiger partial charge in [0.2, 0.25) is 15.9 Å². The van der Waals surface area contributed by atoms with Crippen LogP contribution in [0, 0.1) is 12.8 Å². The van der Waals surface area contributed by atoms with Crippen molar-refractivity contribution in [1.29, 1.82) is 0 Å². The van der Waals surface area contributed by atoms with Crippen molar-refractivity contribution in [1.82, 2.24) is 14.1 Å². The van der Waals surface area contributed by atoms with Gasteiger partial charge in [0.15, 0.2) is 0 Å². The molecule has 0 unspecified atom stereocenters. The number of piperidine rings is 1. The normalized spacial score (nSPS) is 15.3. The van der Waals surface area contributed by atoms with E-state index in [1.807, 2.05) is 49.4 Å². The quantitative estimate of drug-likeness (QED) is 0.435. The molecule has 1 fully saturated rings. The molecule has 1 N–H and O–H groups in total. The van der Waals surface area contributed by atoms with E-state index in [0.29, 0.717) is 43.2 Å². The van der Waals surface area contributed by atoms with Crippen LogP contribution in [0.25, 0.3) is 10.8 Å². The highest BCUT2D eigenvalue weighted by atomic mass is 32.2. The van der Waals surface area contributed by atoms with E-state index in [4.69, 9.17) is 0 Å². The highest BCUT2D eigenvalue weighted by Gasteiger charge is 2.32. The summed E-state index contributed by atoms with van der Waals surface area (Å²) in [6, 6.07) is 22.9. The molecule has 4 aromatic rings. The Morgan fingerprint density at radius 1 is 0.971 bits per heavy atom. The molecule has 0 bridgehead atoms. The Morgan fingerprint density at radius 2 is 1.69 bits per heavy atom. The fraction of sp³-hybridized carbons (Fsp3) is 0.259. The number of anilines is 1. The smallest absolute Gasteiger partial charge is 0.243 e. The van der Waals surface area contributed by atoms with Crippen LogP contribution in [0.15, 0.2) is 83.9 Å². The number of rotatable bonds is 6. The van der Waals surface area contributed by atoms with Gasteiger partial charge in [-0.15, -0.1) is 0 Å². The third-order valence-electron chi connectivity index (χ3n) is 6.60. The number of hydrogen-bond acceptors (Lipinski definition) is 4. The second-order valence-electron chi connectivity index (χ2n) is 9.04. The molecule has 180 valence electrons. The van der Waals surface area contributed by atoms with E-state index in [1.165, 1.54) is 9.87 Å². The van der Waals surface area contributed by atoms with Crippen molar-refractivity contribution in [3.63, 3.8) is 0 Å². The summed E-state index contributed by atoms with van der Waals surface area (Å²) in [7, 11) is -3.61. The molecule has 1 saturated heterocycles. The number of aryl methyl sites for hydroxylation is 1. The van der Waals surface area contributed by atoms with Gasteiger partial charge in [0.05, 0.1) is 17.6 Å².